The summed E-state index contributed by atoms with van der Waals surface area (Å²) in [5, 5.41) is 2.38. The molecule has 0 aliphatic carbocycles. The molecular weight excluding hydrogens is 520 g/mol. The van der Waals surface area contributed by atoms with Crippen LogP contribution in [-0.2, 0) is 19.3 Å². The number of pyridine rings is 1. The number of benzene rings is 1. The molecule has 2 saturated heterocycles. The van der Waals surface area contributed by atoms with Gasteiger partial charge in [-0.3, -0.25) is 4.98 Å². The van der Waals surface area contributed by atoms with Gasteiger partial charge in [0.1, 0.15) is 11.1 Å². The minimum absolute atomic E-state index is 0.0382. The van der Waals surface area contributed by atoms with Crippen LogP contribution in [0.5, 0.6) is 0 Å². The Morgan fingerprint density at radius 2 is 1.82 bits per heavy atom. The molecule has 1 unspecified atom stereocenters. The number of carbonyl (C=O) groups excluding carboxylic acids is 1. The summed E-state index contributed by atoms with van der Waals surface area (Å²) in [5.41, 5.74) is 3.25. The van der Waals surface area contributed by atoms with Gasteiger partial charge in [0.25, 0.3) is 0 Å². The molecule has 3 aromatic rings. The van der Waals surface area contributed by atoms with Crippen LogP contribution in [0.2, 0.25) is 0 Å². The molecule has 5 rings (SSSR count). The largest absolute Gasteiger partial charge is 0.444 e. The van der Waals surface area contributed by atoms with Crippen molar-refractivity contribution in [3.63, 3.8) is 0 Å². The fourth-order valence-electron chi connectivity index (χ4n) is 4.66. The zero-order valence-corrected chi connectivity index (χ0v) is 23.3. The van der Waals surface area contributed by atoms with Crippen molar-refractivity contribution in [3.8, 4) is 11.3 Å². The number of fused-ring (bicyclic) bond motifs is 1. The Morgan fingerprint density at radius 3 is 2.54 bits per heavy atom. The van der Waals surface area contributed by atoms with Crippen LogP contribution in [0.15, 0.2) is 42.7 Å². The number of aromatic nitrogens is 3. The maximum atomic E-state index is 12.9. The number of nitrogens with one attached hydrogen (secondary N) is 1. The Hall–Kier alpha value is -3.51. The number of morpholine rings is 1. The van der Waals surface area contributed by atoms with E-state index in [1.54, 1.807) is 33.2 Å². The molecule has 11 nitrogen and oxygen atoms in total. The van der Waals surface area contributed by atoms with E-state index in [-0.39, 0.29) is 25.4 Å². The van der Waals surface area contributed by atoms with Gasteiger partial charge < -0.3 is 24.6 Å². The van der Waals surface area contributed by atoms with Crippen LogP contribution in [-0.4, -0.2) is 96.9 Å². The van der Waals surface area contributed by atoms with Gasteiger partial charge in [-0.15, -0.1) is 0 Å². The number of sulfone groups is 1. The van der Waals surface area contributed by atoms with E-state index in [0.717, 1.165) is 24.3 Å². The first-order valence-corrected chi connectivity index (χ1v) is 14.8. The fraction of sp³-hybridized carbons (Fsp3) is 0.481. The second kappa shape index (κ2) is 10.9. The lowest BCUT2D eigenvalue weighted by molar-refractivity contribution is 0.0255. The van der Waals surface area contributed by atoms with Crippen molar-refractivity contribution in [1.82, 2.24) is 19.9 Å². The highest BCUT2D eigenvalue weighted by Gasteiger charge is 2.36. The van der Waals surface area contributed by atoms with Gasteiger partial charge in [-0.1, -0.05) is 12.1 Å². The van der Waals surface area contributed by atoms with E-state index in [1.807, 2.05) is 18.2 Å². The average molecular weight is 555 g/mol. The molecular formula is C27H34N6O5S. The Labute approximate surface area is 228 Å². The van der Waals surface area contributed by atoms with Crippen molar-refractivity contribution >= 4 is 38.5 Å². The van der Waals surface area contributed by atoms with Gasteiger partial charge in [0, 0.05) is 56.4 Å². The zero-order valence-electron chi connectivity index (χ0n) is 22.5. The normalized spacial score (nSPS) is 19.6. The number of hydrogen-bond acceptors (Lipinski definition) is 10. The highest BCUT2D eigenvalue weighted by Crippen LogP contribution is 2.28. The van der Waals surface area contributed by atoms with Gasteiger partial charge in [-0.05, 0) is 39.0 Å². The quantitative estimate of drug-likeness (QED) is 0.503. The molecule has 0 saturated carbocycles. The Balaban J connectivity index is 1.37. The first-order valence-electron chi connectivity index (χ1n) is 13.1. The van der Waals surface area contributed by atoms with E-state index in [2.05, 4.69) is 32.3 Å². The lowest BCUT2D eigenvalue weighted by Crippen LogP contribution is -2.52. The second-order valence-electron chi connectivity index (χ2n) is 10.7. The maximum Gasteiger partial charge on any atom is 0.410 e. The third-order valence-electron chi connectivity index (χ3n) is 6.72. The lowest BCUT2D eigenvalue weighted by atomic mass is 10.1. The Kier molecular flexibility index (Phi) is 7.59. The third kappa shape index (κ3) is 6.39. The monoisotopic (exact) mass is 554 g/mol. The SMILES string of the molecule is CC(C)(C)OC(=O)N1CCS(=O)(=O)C(CNc2nc(-c3ccc(N4CCOCC4)cc3)cc3nccnc23)C1. The summed E-state index contributed by atoms with van der Waals surface area (Å²) >= 11 is 0. The van der Waals surface area contributed by atoms with Gasteiger partial charge in [0.15, 0.2) is 15.7 Å². The van der Waals surface area contributed by atoms with Gasteiger partial charge >= 0.3 is 6.09 Å². The van der Waals surface area contributed by atoms with Crippen LogP contribution in [0, 0.1) is 0 Å². The molecule has 1 N–H and O–H groups in total. The van der Waals surface area contributed by atoms with E-state index < -0.39 is 26.8 Å². The molecule has 2 fully saturated rings. The summed E-state index contributed by atoms with van der Waals surface area (Å²) in [6.45, 7) is 8.70. The maximum absolute atomic E-state index is 12.9. The number of nitrogens with zero attached hydrogens (tertiary/aromatic N) is 5. The molecule has 2 aliphatic heterocycles. The predicted molar refractivity (Wildman–Crippen MR) is 150 cm³/mol. The van der Waals surface area contributed by atoms with Crippen molar-refractivity contribution in [2.75, 3.05) is 61.9 Å². The van der Waals surface area contributed by atoms with E-state index in [0.29, 0.717) is 35.8 Å². The summed E-state index contributed by atoms with van der Waals surface area (Å²) < 4.78 is 36.7. The van der Waals surface area contributed by atoms with Crippen LogP contribution in [0.4, 0.5) is 16.3 Å². The Bertz CT molecular complexity index is 1440. The number of ether oxygens (including phenoxy) is 2. The molecule has 0 spiro atoms. The van der Waals surface area contributed by atoms with Crippen molar-refractivity contribution in [2.24, 2.45) is 0 Å². The second-order valence-corrected chi connectivity index (χ2v) is 13.1. The van der Waals surface area contributed by atoms with Crippen LogP contribution >= 0.6 is 0 Å². The lowest BCUT2D eigenvalue weighted by Gasteiger charge is -2.34. The average Bonchev–Trinajstić information content (AvgIpc) is 2.91. The number of carbonyl (C=O) groups is 1. The molecule has 1 amide bonds. The molecule has 0 radical (unpaired) electrons. The first kappa shape index (κ1) is 27.1. The summed E-state index contributed by atoms with van der Waals surface area (Å²) in [4.78, 5) is 30.0. The minimum atomic E-state index is -3.42. The molecule has 1 aromatic carbocycles. The van der Waals surface area contributed by atoms with E-state index in [9.17, 15) is 13.2 Å². The minimum Gasteiger partial charge on any atom is -0.444 e. The highest BCUT2D eigenvalue weighted by molar-refractivity contribution is 7.92. The third-order valence-corrected chi connectivity index (χ3v) is 8.81. The van der Waals surface area contributed by atoms with Crippen LogP contribution in [0.1, 0.15) is 20.8 Å². The van der Waals surface area contributed by atoms with Crippen LogP contribution in [0.25, 0.3) is 22.3 Å². The van der Waals surface area contributed by atoms with Crippen LogP contribution in [0.3, 0.4) is 0 Å². The number of anilines is 2. The van der Waals surface area contributed by atoms with Crippen molar-refractivity contribution in [3.05, 3.63) is 42.7 Å². The molecule has 39 heavy (non-hydrogen) atoms. The molecule has 0 bridgehead atoms. The molecule has 208 valence electrons. The van der Waals surface area contributed by atoms with Gasteiger partial charge in [0.05, 0.1) is 35.4 Å². The van der Waals surface area contributed by atoms with Crippen molar-refractivity contribution in [1.29, 1.82) is 0 Å². The summed E-state index contributed by atoms with van der Waals surface area (Å²) in [6, 6.07) is 10.0. The number of hydrogen-bond donors (Lipinski definition) is 1. The molecule has 12 heteroatoms. The van der Waals surface area contributed by atoms with Gasteiger partial charge in [-0.25, -0.2) is 23.2 Å². The van der Waals surface area contributed by atoms with E-state index >= 15 is 0 Å². The van der Waals surface area contributed by atoms with Crippen LogP contribution < -0.4 is 10.2 Å². The smallest absolute Gasteiger partial charge is 0.410 e. The first-order chi connectivity index (χ1) is 18.6. The Morgan fingerprint density at radius 1 is 1.10 bits per heavy atom. The number of amides is 1. The van der Waals surface area contributed by atoms with Gasteiger partial charge in [-0.2, -0.15) is 0 Å². The summed E-state index contributed by atoms with van der Waals surface area (Å²) in [5.74, 6) is 0.319. The van der Waals surface area contributed by atoms with Crippen molar-refractivity contribution < 1.29 is 22.7 Å². The summed E-state index contributed by atoms with van der Waals surface area (Å²) in [7, 11) is -3.42. The predicted octanol–water partition coefficient (Wildman–Crippen LogP) is 2.97. The fourth-order valence-corrected chi connectivity index (χ4v) is 6.21. The van der Waals surface area contributed by atoms with Crippen molar-refractivity contribution in [2.45, 2.75) is 31.6 Å². The molecule has 4 heterocycles. The molecule has 2 aliphatic rings. The standard InChI is InChI=1S/C27H34N6O5S/c1-27(2,3)38-26(34)33-12-15-39(35,36)21(18-33)17-30-25-24-23(28-8-9-29-24)16-22(31-25)19-4-6-20(7-5-19)32-10-13-37-14-11-32/h4-9,16,21H,10-15,17-18H2,1-3H3,(H,30,31). The van der Waals surface area contributed by atoms with E-state index in [4.69, 9.17) is 14.5 Å². The van der Waals surface area contributed by atoms with Gasteiger partial charge in [0.2, 0.25) is 0 Å². The highest BCUT2D eigenvalue weighted by atomic mass is 32.2. The molecule has 2 aromatic heterocycles. The van der Waals surface area contributed by atoms with E-state index in [1.165, 1.54) is 4.90 Å². The molecule has 1 atom stereocenters. The summed E-state index contributed by atoms with van der Waals surface area (Å²) in [6.07, 6.45) is 2.68. The zero-order chi connectivity index (χ0) is 27.6. The topological polar surface area (TPSA) is 127 Å². The number of rotatable bonds is 5.